The average molecular weight is 342 g/mol. The number of halogens is 2. The van der Waals surface area contributed by atoms with Gasteiger partial charge in [0.25, 0.3) is 0 Å². The minimum absolute atomic E-state index is 0.0202. The summed E-state index contributed by atoms with van der Waals surface area (Å²) in [7, 11) is 0. The third-order valence-corrected chi connectivity index (χ3v) is 3.10. The molecule has 0 aliphatic rings. The molecule has 1 aromatic heterocycles. The van der Waals surface area contributed by atoms with Crippen LogP contribution < -0.4 is 9.47 Å². The average Bonchev–Trinajstić information content (AvgIpc) is 2.87. The Labute approximate surface area is 136 Å². The molecule has 23 heavy (non-hydrogen) atoms. The molecule has 6 nitrogen and oxygen atoms in total. The van der Waals surface area contributed by atoms with Gasteiger partial charge in [-0.15, -0.1) is 0 Å². The summed E-state index contributed by atoms with van der Waals surface area (Å²) >= 11 is 5.09. The molecule has 9 heteroatoms. The van der Waals surface area contributed by atoms with Crippen LogP contribution in [-0.4, -0.2) is 34.3 Å². The standard InChI is InChI=1S/C14H16F2N4O2S/c1-3-12-18-19-14(23)20(12)17-8-9-5-6-10(22-13(15)16)11(7-9)21-4-2/h5-8,13H,3-4H2,1-2H3,(H,19,23)/b17-8-. The van der Waals surface area contributed by atoms with Crippen molar-refractivity contribution in [2.45, 2.75) is 26.9 Å². The highest BCUT2D eigenvalue weighted by atomic mass is 32.1. The van der Waals surface area contributed by atoms with E-state index in [1.54, 1.807) is 25.3 Å². The fraction of sp³-hybridized carbons (Fsp3) is 0.357. The molecule has 1 heterocycles. The van der Waals surface area contributed by atoms with Gasteiger partial charge >= 0.3 is 6.61 Å². The van der Waals surface area contributed by atoms with E-state index in [0.717, 1.165) is 0 Å². The zero-order valence-corrected chi connectivity index (χ0v) is 13.4. The van der Waals surface area contributed by atoms with E-state index in [0.29, 0.717) is 29.2 Å². The van der Waals surface area contributed by atoms with E-state index in [1.807, 2.05) is 6.92 Å². The Kier molecular flexibility index (Phi) is 5.80. The van der Waals surface area contributed by atoms with Crippen LogP contribution in [0.25, 0.3) is 0 Å². The maximum Gasteiger partial charge on any atom is 0.387 e. The van der Waals surface area contributed by atoms with E-state index in [2.05, 4.69) is 20.0 Å². The Morgan fingerprint density at radius 2 is 2.17 bits per heavy atom. The van der Waals surface area contributed by atoms with E-state index in [4.69, 9.17) is 17.0 Å². The van der Waals surface area contributed by atoms with Crippen LogP contribution in [0.5, 0.6) is 11.5 Å². The second kappa shape index (κ2) is 7.82. The third kappa shape index (κ3) is 4.35. The largest absolute Gasteiger partial charge is 0.490 e. The molecule has 0 bridgehead atoms. The Morgan fingerprint density at radius 3 is 2.83 bits per heavy atom. The molecule has 0 fully saturated rings. The summed E-state index contributed by atoms with van der Waals surface area (Å²) < 4.78 is 36.4. The third-order valence-electron chi connectivity index (χ3n) is 2.84. The molecule has 2 rings (SSSR count). The van der Waals surface area contributed by atoms with Crippen molar-refractivity contribution in [2.24, 2.45) is 5.10 Å². The van der Waals surface area contributed by atoms with Crippen LogP contribution >= 0.6 is 12.2 Å². The molecular formula is C14H16F2N4O2S. The fourth-order valence-corrected chi connectivity index (χ4v) is 2.06. The van der Waals surface area contributed by atoms with Crippen LogP contribution in [0, 0.1) is 4.77 Å². The second-order valence-corrected chi connectivity index (χ2v) is 4.76. The van der Waals surface area contributed by atoms with Gasteiger partial charge in [-0.1, -0.05) is 6.92 Å². The predicted octanol–water partition coefficient (Wildman–Crippen LogP) is 3.39. The van der Waals surface area contributed by atoms with Crippen LogP contribution in [-0.2, 0) is 6.42 Å². The summed E-state index contributed by atoms with van der Waals surface area (Å²) in [4.78, 5) is 0. The van der Waals surface area contributed by atoms with Crippen LogP contribution in [0.1, 0.15) is 25.2 Å². The predicted molar refractivity (Wildman–Crippen MR) is 84.0 cm³/mol. The summed E-state index contributed by atoms with van der Waals surface area (Å²) in [6, 6.07) is 4.58. The number of ether oxygens (including phenoxy) is 2. The zero-order valence-electron chi connectivity index (χ0n) is 12.6. The van der Waals surface area contributed by atoms with Gasteiger partial charge in [-0.25, -0.2) is 0 Å². The van der Waals surface area contributed by atoms with Gasteiger partial charge < -0.3 is 9.47 Å². The molecule has 0 aliphatic heterocycles. The summed E-state index contributed by atoms with van der Waals surface area (Å²) in [6.07, 6.45) is 2.20. The quantitative estimate of drug-likeness (QED) is 0.619. The molecule has 0 spiro atoms. The lowest BCUT2D eigenvalue weighted by atomic mass is 10.2. The first-order valence-electron chi connectivity index (χ1n) is 6.97. The number of hydrogen-bond acceptors (Lipinski definition) is 5. The van der Waals surface area contributed by atoms with Gasteiger partial charge in [0.2, 0.25) is 4.77 Å². The number of hydrogen-bond donors (Lipinski definition) is 1. The molecule has 1 aromatic carbocycles. The molecule has 0 atom stereocenters. The number of aryl methyl sites for hydroxylation is 1. The molecule has 0 saturated carbocycles. The van der Waals surface area contributed by atoms with Crippen LogP contribution in [0.3, 0.4) is 0 Å². The number of alkyl halides is 2. The second-order valence-electron chi connectivity index (χ2n) is 4.37. The molecule has 1 N–H and O–H groups in total. The highest BCUT2D eigenvalue weighted by molar-refractivity contribution is 7.71. The lowest BCUT2D eigenvalue weighted by Crippen LogP contribution is -2.05. The van der Waals surface area contributed by atoms with Crippen molar-refractivity contribution < 1.29 is 18.3 Å². The summed E-state index contributed by atoms with van der Waals surface area (Å²) in [5, 5.41) is 11.0. The highest BCUT2D eigenvalue weighted by Crippen LogP contribution is 2.29. The van der Waals surface area contributed by atoms with Crippen molar-refractivity contribution in [3.63, 3.8) is 0 Å². The Morgan fingerprint density at radius 1 is 1.39 bits per heavy atom. The lowest BCUT2D eigenvalue weighted by molar-refractivity contribution is -0.0514. The molecule has 0 unspecified atom stereocenters. The topological polar surface area (TPSA) is 64.4 Å². The van der Waals surface area contributed by atoms with Crippen molar-refractivity contribution in [1.82, 2.24) is 14.9 Å². The smallest absolute Gasteiger partial charge is 0.387 e. The first-order chi connectivity index (χ1) is 11.0. The van der Waals surface area contributed by atoms with E-state index in [9.17, 15) is 8.78 Å². The number of nitrogens with zero attached hydrogens (tertiary/aromatic N) is 3. The minimum Gasteiger partial charge on any atom is -0.490 e. The summed E-state index contributed by atoms with van der Waals surface area (Å²) in [5.41, 5.74) is 0.653. The van der Waals surface area contributed by atoms with E-state index in [-0.39, 0.29) is 11.5 Å². The fourth-order valence-electron chi connectivity index (χ4n) is 1.86. The monoisotopic (exact) mass is 342 g/mol. The van der Waals surface area contributed by atoms with Gasteiger partial charge in [-0.05, 0) is 42.9 Å². The van der Waals surface area contributed by atoms with Crippen molar-refractivity contribution in [3.05, 3.63) is 34.4 Å². The normalized spacial score (nSPS) is 11.3. The first-order valence-corrected chi connectivity index (χ1v) is 7.38. The molecule has 0 amide bonds. The lowest BCUT2D eigenvalue weighted by Gasteiger charge is -2.11. The summed E-state index contributed by atoms with van der Waals surface area (Å²) in [6.45, 7) is 1.10. The summed E-state index contributed by atoms with van der Waals surface area (Å²) in [5.74, 6) is 0.894. The number of aromatic nitrogens is 3. The van der Waals surface area contributed by atoms with Crippen LogP contribution in [0.2, 0.25) is 0 Å². The van der Waals surface area contributed by atoms with Crippen molar-refractivity contribution >= 4 is 18.4 Å². The van der Waals surface area contributed by atoms with Crippen molar-refractivity contribution in [2.75, 3.05) is 6.61 Å². The van der Waals surface area contributed by atoms with E-state index < -0.39 is 6.61 Å². The molecular weight excluding hydrogens is 326 g/mol. The van der Waals surface area contributed by atoms with Crippen LogP contribution in [0.4, 0.5) is 8.78 Å². The van der Waals surface area contributed by atoms with Gasteiger partial charge in [0.05, 0.1) is 12.8 Å². The van der Waals surface area contributed by atoms with Gasteiger partial charge in [-0.2, -0.15) is 23.7 Å². The van der Waals surface area contributed by atoms with E-state index >= 15 is 0 Å². The maximum absolute atomic E-state index is 12.4. The van der Waals surface area contributed by atoms with Gasteiger partial charge in [0.15, 0.2) is 17.3 Å². The Bertz CT molecular complexity index is 743. The highest BCUT2D eigenvalue weighted by Gasteiger charge is 2.11. The van der Waals surface area contributed by atoms with Gasteiger partial charge in [0.1, 0.15) is 0 Å². The SMILES string of the molecule is CCOc1cc(/C=N\n2c(CC)n[nH]c2=S)ccc1OC(F)F. The number of H-pyrrole nitrogens is 1. The first kappa shape index (κ1) is 17.1. The molecule has 0 radical (unpaired) electrons. The molecule has 0 aliphatic carbocycles. The Balaban J connectivity index is 2.29. The van der Waals surface area contributed by atoms with E-state index in [1.165, 1.54) is 10.7 Å². The maximum atomic E-state index is 12.4. The number of rotatable bonds is 7. The van der Waals surface area contributed by atoms with Gasteiger partial charge in [-0.3, -0.25) is 5.10 Å². The van der Waals surface area contributed by atoms with Gasteiger partial charge in [0, 0.05) is 6.42 Å². The van der Waals surface area contributed by atoms with Crippen molar-refractivity contribution in [1.29, 1.82) is 0 Å². The number of nitrogens with one attached hydrogen (secondary N) is 1. The molecule has 0 saturated heterocycles. The number of aromatic amines is 1. The number of benzene rings is 1. The molecule has 124 valence electrons. The minimum atomic E-state index is -2.91. The van der Waals surface area contributed by atoms with Crippen molar-refractivity contribution in [3.8, 4) is 11.5 Å². The molecule has 2 aromatic rings. The van der Waals surface area contributed by atoms with Crippen LogP contribution in [0.15, 0.2) is 23.3 Å². The zero-order chi connectivity index (χ0) is 16.8. The Hall–Kier alpha value is -2.29.